The molecule has 1 saturated heterocycles. The highest BCUT2D eigenvalue weighted by atomic mass is 79.9. The summed E-state index contributed by atoms with van der Waals surface area (Å²) in [4.78, 5) is 27.2. The van der Waals surface area contributed by atoms with Gasteiger partial charge < -0.3 is 10.2 Å². The molecule has 2 aromatic heterocycles. The van der Waals surface area contributed by atoms with Gasteiger partial charge in [-0.25, -0.2) is 19.6 Å². The van der Waals surface area contributed by atoms with Crippen LogP contribution in [0, 0.1) is 5.92 Å². The van der Waals surface area contributed by atoms with Gasteiger partial charge in [0.05, 0.1) is 0 Å². The predicted molar refractivity (Wildman–Crippen MR) is 105 cm³/mol. The first-order valence-corrected chi connectivity index (χ1v) is 9.47. The molecule has 1 aromatic carbocycles. The van der Waals surface area contributed by atoms with E-state index < -0.39 is 0 Å². The number of nitrogens with one attached hydrogen (secondary N) is 1. The Morgan fingerprint density at radius 2 is 1.81 bits per heavy atom. The molecule has 1 amide bonds. The molecule has 9 heteroatoms. The molecule has 0 radical (unpaired) electrons. The fraction of sp³-hybridized carbons (Fsp3) is 0.278. The summed E-state index contributed by atoms with van der Waals surface area (Å²) in [5.74, 6) is 1.58. The van der Waals surface area contributed by atoms with Crippen molar-refractivity contribution in [2.45, 2.75) is 12.8 Å². The summed E-state index contributed by atoms with van der Waals surface area (Å²) in [6.45, 7) is 1.54. The third-order valence-corrected chi connectivity index (χ3v) is 5.12. The van der Waals surface area contributed by atoms with E-state index >= 15 is 0 Å². The maximum absolute atomic E-state index is 12.5. The van der Waals surface area contributed by atoms with Crippen LogP contribution in [0.2, 0.25) is 0 Å². The van der Waals surface area contributed by atoms with Crippen molar-refractivity contribution in [1.29, 1.82) is 0 Å². The standard InChI is InChI=1S/C18H18BrN7O/c19-14-1-3-15(4-2-14)24-18(27)13-5-7-25(8-6-13)16-9-17(22-11-21-16)26-12-20-10-23-26/h1-4,9-13H,5-8H2,(H,24,27). The van der Waals surface area contributed by atoms with Crippen molar-refractivity contribution in [1.82, 2.24) is 24.7 Å². The largest absolute Gasteiger partial charge is 0.356 e. The number of halogens is 1. The van der Waals surface area contributed by atoms with Gasteiger partial charge in [-0.15, -0.1) is 0 Å². The smallest absolute Gasteiger partial charge is 0.227 e. The van der Waals surface area contributed by atoms with E-state index in [0.29, 0.717) is 5.82 Å². The number of rotatable bonds is 4. The number of anilines is 2. The van der Waals surface area contributed by atoms with Gasteiger partial charge in [0.15, 0.2) is 5.82 Å². The van der Waals surface area contributed by atoms with Gasteiger partial charge in [-0.3, -0.25) is 4.79 Å². The van der Waals surface area contributed by atoms with Gasteiger partial charge in [0.1, 0.15) is 24.8 Å². The molecule has 1 aliphatic rings. The summed E-state index contributed by atoms with van der Waals surface area (Å²) in [5, 5.41) is 7.09. The average molecular weight is 428 g/mol. The Kier molecular flexibility index (Phi) is 5.10. The van der Waals surface area contributed by atoms with E-state index in [9.17, 15) is 4.79 Å². The average Bonchev–Trinajstić information content (AvgIpc) is 3.25. The van der Waals surface area contributed by atoms with Crippen LogP contribution in [-0.2, 0) is 4.79 Å². The second-order valence-corrected chi connectivity index (χ2v) is 7.25. The van der Waals surface area contributed by atoms with E-state index in [1.54, 1.807) is 11.0 Å². The van der Waals surface area contributed by atoms with Crippen LogP contribution < -0.4 is 10.2 Å². The fourth-order valence-electron chi connectivity index (χ4n) is 3.11. The number of carbonyl (C=O) groups is 1. The molecule has 3 aromatic rings. The van der Waals surface area contributed by atoms with Crippen LogP contribution in [-0.4, -0.2) is 43.7 Å². The summed E-state index contributed by atoms with van der Waals surface area (Å²) >= 11 is 3.40. The van der Waals surface area contributed by atoms with Crippen LogP contribution >= 0.6 is 15.9 Å². The number of nitrogens with zero attached hydrogens (tertiary/aromatic N) is 6. The van der Waals surface area contributed by atoms with Gasteiger partial charge in [-0.05, 0) is 37.1 Å². The van der Waals surface area contributed by atoms with E-state index in [0.717, 1.165) is 41.9 Å². The fourth-order valence-corrected chi connectivity index (χ4v) is 3.37. The van der Waals surface area contributed by atoms with E-state index in [2.05, 4.69) is 46.2 Å². The van der Waals surface area contributed by atoms with Gasteiger partial charge in [0, 0.05) is 35.2 Å². The third-order valence-electron chi connectivity index (χ3n) is 4.59. The van der Waals surface area contributed by atoms with Gasteiger partial charge >= 0.3 is 0 Å². The van der Waals surface area contributed by atoms with Crippen molar-refractivity contribution in [3.8, 4) is 5.82 Å². The molecule has 0 spiro atoms. The zero-order chi connectivity index (χ0) is 18.6. The number of aromatic nitrogens is 5. The van der Waals surface area contributed by atoms with Crippen LogP contribution in [0.3, 0.4) is 0 Å². The molecule has 0 atom stereocenters. The van der Waals surface area contributed by atoms with Gasteiger partial charge in [-0.1, -0.05) is 15.9 Å². The van der Waals surface area contributed by atoms with E-state index in [1.165, 1.54) is 12.7 Å². The molecule has 1 aliphatic heterocycles. The van der Waals surface area contributed by atoms with Crippen molar-refractivity contribution < 1.29 is 4.79 Å². The van der Waals surface area contributed by atoms with Gasteiger partial charge in [0.25, 0.3) is 0 Å². The second-order valence-electron chi connectivity index (χ2n) is 6.33. The highest BCUT2D eigenvalue weighted by Gasteiger charge is 2.26. The summed E-state index contributed by atoms with van der Waals surface area (Å²) < 4.78 is 2.59. The van der Waals surface area contributed by atoms with Crippen molar-refractivity contribution in [3.05, 3.63) is 53.8 Å². The van der Waals surface area contributed by atoms with Crippen LogP contribution in [0.25, 0.3) is 5.82 Å². The summed E-state index contributed by atoms with van der Waals surface area (Å²) in [6.07, 6.45) is 6.16. The summed E-state index contributed by atoms with van der Waals surface area (Å²) in [5.41, 5.74) is 0.818. The highest BCUT2D eigenvalue weighted by molar-refractivity contribution is 9.10. The van der Waals surface area contributed by atoms with Gasteiger partial charge in [0.2, 0.25) is 5.91 Å². The third kappa shape index (κ3) is 4.13. The zero-order valence-electron chi connectivity index (χ0n) is 14.5. The first-order chi connectivity index (χ1) is 13.2. The lowest BCUT2D eigenvalue weighted by Gasteiger charge is -2.32. The minimum atomic E-state index is 0.00141. The lowest BCUT2D eigenvalue weighted by molar-refractivity contribution is -0.120. The topological polar surface area (TPSA) is 88.8 Å². The quantitative estimate of drug-likeness (QED) is 0.688. The van der Waals surface area contributed by atoms with Crippen LogP contribution in [0.5, 0.6) is 0 Å². The molecule has 0 aliphatic carbocycles. The lowest BCUT2D eigenvalue weighted by Crippen LogP contribution is -2.38. The van der Waals surface area contributed by atoms with Crippen LogP contribution in [0.15, 0.2) is 53.8 Å². The maximum Gasteiger partial charge on any atom is 0.227 e. The molecular formula is C18H18BrN7O. The first-order valence-electron chi connectivity index (χ1n) is 8.67. The van der Waals surface area contributed by atoms with Crippen LogP contribution in [0.1, 0.15) is 12.8 Å². The monoisotopic (exact) mass is 427 g/mol. The zero-order valence-corrected chi connectivity index (χ0v) is 16.1. The molecule has 138 valence electrons. The highest BCUT2D eigenvalue weighted by Crippen LogP contribution is 2.24. The molecule has 1 fully saturated rings. The van der Waals surface area contributed by atoms with E-state index in [-0.39, 0.29) is 11.8 Å². The molecule has 0 unspecified atom stereocenters. The Hall–Kier alpha value is -2.81. The Bertz CT molecular complexity index is 906. The SMILES string of the molecule is O=C(Nc1ccc(Br)cc1)C1CCN(c2cc(-n3cncn3)ncn2)CC1. The Balaban J connectivity index is 1.37. The maximum atomic E-state index is 12.5. The van der Waals surface area contributed by atoms with Crippen molar-refractivity contribution in [2.24, 2.45) is 5.92 Å². The number of carbonyl (C=O) groups excluding carboxylic acids is 1. The van der Waals surface area contributed by atoms with E-state index in [4.69, 9.17) is 0 Å². The molecule has 0 saturated carbocycles. The van der Waals surface area contributed by atoms with Crippen molar-refractivity contribution >= 4 is 33.3 Å². The van der Waals surface area contributed by atoms with Crippen LogP contribution in [0.4, 0.5) is 11.5 Å². The van der Waals surface area contributed by atoms with Crippen molar-refractivity contribution in [2.75, 3.05) is 23.3 Å². The van der Waals surface area contributed by atoms with E-state index in [1.807, 2.05) is 30.3 Å². The molecule has 8 nitrogen and oxygen atoms in total. The second kappa shape index (κ2) is 7.83. The number of benzene rings is 1. The summed E-state index contributed by atoms with van der Waals surface area (Å²) in [6, 6.07) is 9.50. The minimum absolute atomic E-state index is 0.00141. The normalized spacial score (nSPS) is 14.9. The summed E-state index contributed by atoms with van der Waals surface area (Å²) in [7, 11) is 0. The Morgan fingerprint density at radius 3 is 2.52 bits per heavy atom. The Labute approximate surface area is 164 Å². The minimum Gasteiger partial charge on any atom is -0.356 e. The first kappa shape index (κ1) is 17.6. The Morgan fingerprint density at radius 1 is 1.07 bits per heavy atom. The number of hydrogen-bond donors (Lipinski definition) is 1. The molecule has 0 bridgehead atoms. The molecule has 4 rings (SSSR count). The number of piperidine rings is 1. The van der Waals surface area contributed by atoms with Crippen molar-refractivity contribution in [3.63, 3.8) is 0 Å². The predicted octanol–water partition coefficient (Wildman–Crippen LogP) is 2.67. The molecule has 1 N–H and O–H groups in total. The number of hydrogen-bond acceptors (Lipinski definition) is 6. The lowest BCUT2D eigenvalue weighted by atomic mass is 9.96. The molecule has 3 heterocycles. The van der Waals surface area contributed by atoms with Gasteiger partial charge in [-0.2, -0.15) is 5.10 Å². The number of amides is 1. The molecular weight excluding hydrogens is 410 g/mol. The molecule has 27 heavy (non-hydrogen) atoms.